The standard InChI is InChI=1S/C12H12N2O/c13-7-10-6-12(9-14-8-10)15-11-4-2-1-3-5-11/h1-6,8-9H,7,13H2. The molecule has 0 bridgehead atoms. The summed E-state index contributed by atoms with van der Waals surface area (Å²) >= 11 is 0. The lowest BCUT2D eigenvalue weighted by molar-refractivity contribution is 0.479. The van der Waals surface area contributed by atoms with Gasteiger partial charge in [0.2, 0.25) is 0 Å². The molecule has 3 nitrogen and oxygen atoms in total. The molecule has 0 saturated carbocycles. The van der Waals surface area contributed by atoms with Crippen molar-refractivity contribution in [2.75, 3.05) is 0 Å². The molecule has 3 heteroatoms. The van der Waals surface area contributed by atoms with E-state index in [0.717, 1.165) is 11.3 Å². The van der Waals surface area contributed by atoms with Crippen molar-refractivity contribution >= 4 is 0 Å². The number of aromatic nitrogens is 1. The van der Waals surface area contributed by atoms with Crippen molar-refractivity contribution in [1.82, 2.24) is 4.98 Å². The molecule has 0 aliphatic rings. The first-order chi connectivity index (χ1) is 7.38. The summed E-state index contributed by atoms with van der Waals surface area (Å²) in [6.45, 7) is 0.471. The Kier molecular flexibility index (Phi) is 2.95. The summed E-state index contributed by atoms with van der Waals surface area (Å²) in [4.78, 5) is 4.05. The Morgan fingerprint density at radius 1 is 1.07 bits per heavy atom. The van der Waals surface area contributed by atoms with Crippen molar-refractivity contribution in [2.45, 2.75) is 6.54 Å². The fraction of sp³-hybridized carbons (Fsp3) is 0.0833. The van der Waals surface area contributed by atoms with E-state index in [2.05, 4.69) is 4.98 Å². The van der Waals surface area contributed by atoms with Crippen LogP contribution >= 0.6 is 0 Å². The van der Waals surface area contributed by atoms with Crippen LogP contribution in [0, 0.1) is 0 Å². The maximum Gasteiger partial charge on any atom is 0.146 e. The van der Waals surface area contributed by atoms with Gasteiger partial charge in [-0.3, -0.25) is 4.98 Å². The average Bonchev–Trinajstić information content (AvgIpc) is 2.31. The van der Waals surface area contributed by atoms with Gasteiger partial charge >= 0.3 is 0 Å². The number of nitrogens with two attached hydrogens (primary N) is 1. The molecule has 0 saturated heterocycles. The highest BCUT2D eigenvalue weighted by atomic mass is 16.5. The second-order valence-electron chi connectivity index (χ2n) is 3.15. The van der Waals surface area contributed by atoms with Crippen LogP contribution in [0.2, 0.25) is 0 Å². The first-order valence-corrected chi connectivity index (χ1v) is 4.75. The lowest BCUT2D eigenvalue weighted by Crippen LogP contribution is -1.97. The lowest BCUT2D eigenvalue weighted by Gasteiger charge is -2.05. The minimum atomic E-state index is 0.471. The van der Waals surface area contributed by atoms with Crippen LogP contribution in [0.25, 0.3) is 0 Å². The third-order valence-electron chi connectivity index (χ3n) is 1.98. The predicted molar refractivity (Wildman–Crippen MR) is 58.6 cm³/mol. The molecule has 0 radical (unpaired) electrons. The van der Waals surface area contributed by atoms with E-state index < -0.39 is 0 Å². The number of rotatable bonds is 3. The first kappa shape index (κ1) is 9.68. The zero-order chi connectivity index (χ0) is 10.5. The minimum Gasteiger partial charge on any atom is -0.456 e. The SMILES string of the molecule is NCc1cncc(Oc2ccccc2)c1. The van der Waals surface area contributed by atoms with E-state index in [1.807, 2.05) is 36.4 Å². The molecule has 15 heavy (non-hydrogen) atoms. The van der Waals surface area contributed by atoms with E-state index in [-0.39, 0.29) is 0 Å². The summed E-state index contributed by atoms with van der Waals surface area (Å²) in [5, 5.41) is 0. The van der Waals surface area contributed by atoms with Crippen LogP contribution in [0.4, 0.5) is 0 Å². The van der Waals surface area contributed by atoms with Gasteiger partial charge in [-0.25, -0.2) is 0 Å². The van der Waals surface area contributed by atoms with Crippen LogP contribution in [0.1, 0.15) is 5.56 Å². The zero-order valence-electron chi connectivity index (χ0n) is 8.26. The first-order valence-electron chi connectivity index (χ1n) is 4.75. The number of hydrogen-bond donors (Lipinski definition) is 1. The molecular weight excluding hydrogens is 188 g/mol. The average molecular weight is 200 g/mol. The molecule has 0 aliphatic heterocycles. The van der Waals surface area contributed by atoms with E-state index in [0.29, 0.717) is 12.3 Å². The molecule has 0 aliphatic carbocycles. The highest BCUT2D eigenvalue weighted by Crippen LogP contribution is 2.20. The predicted octanol–water partition coefficient (Wildman–Crippen LogP) is 2.33. The molecule has 1 heterocycles. The highest BCUT2D eigenvalue weighted by Gasteiger charge is 1.97. The molecule has 2 rings (SSSR count). The van der Waals surface area contributed by atoms with Gasteiger partial charge in [0.05, 0.1) is 6.20 Å². The van der Waals surface area contributed by atoms with Crippen molar-refractivity contribution in [2.24, 2.45) is 5.73 Å². The van der Waals surface area contributed by atoms with Gasteiger partial charge in [0.15, 0.2) is 0 Å². The van der Waals surface area contributed by atoms with Gasteiger partial charge in [-0.05, 0) is 23.8 Å². The number of ether oxygens (including phenoxy) is 1. The van der Waals surface area contributed by atoms with Crippen LogP contribution < -0.4 is 10.5 Å². The van der Waals surface area contributed by atoms with Gasteiger partial charge in [-0.1, -0.05) is 18.2 Å². The van der Waals surface area contributed by atoms with Gasteiger partial charge in [0, 0.05) is 12.7 Å². The minimum absolute atomic E-state index is 0.471. The van der Waals surface area contributed by atoms with E-state index >= 15 is 0 Å². The van der Waals surface area contributed by atoms with Crippen LogP contribution in [0.15, 0.2) is 48.8 Å². The Morgan fingerprint density at radius 2 is 1.87 bits per heavy atom. The van der Waals surface area contributed by atoms with Crippen molar-refractivity contribution in [3.05, 3.63) is 54.4 Å². The number of nitrogens with zero attached hydrogens (tertiary/aromatic N) is 1. The maximum atomic E-state index is 5.60. The van der Waals surface area contributed by atoms with E-state index in [9.17, 15) is 0 Å². The molecule has 2 N–H and O–H groups in total. The Bertz CT molecular complexity index is 429. The van der Waals surface area contributed by atoms with Crippen molar-refractivity contribution in [1.29, 1.82) is 0 Å². The summed E-state index contributed by atoms with van der Waals surface area (Å²) in [5.74, 6) is 1.51. The third kappa shape index (κ3) is 2.54. The van der Waals surface area contributed by atoms with Crippen LogP contribution in [0.3, 0.4) is 0 Å². The second kappa shape index (κ2) is 4.57. The van der Waals surface area contributed by atoms with Gasteiger partial charge in [-0.15, -0.1) is 0 Å². The molecule has 0 spiro atoms. The fourth-order valence-electron chi connectivity index (χ4n) is 1.26. The largest absolute Gasteiger partial charge is 0.456 e. The van der Waals surface area contributed by atoms with Gasteiger partial charge in [0.25, 0.3) is 0 Å². The highest BCUT2D eigenvalue weighted by molar-refractivity contribution is 5.30. The second-order valence-corrected chi connectivity index (χ2v) is 3.15. The molecule has 0 fully saturated rings. The Hall–Kier alpha value is -1.87. The fourth-order valence-corrected chi connectivity index (χ4v) is 1.26. The number of hydrogen-bond acceptors (Lipinski definition) is 3. The molecule has 1 aromatic heterocycles. The smallest absolute Gasteiger partial charge is 0.146 e. The normalized spacial score (nSPS) is 9.93. The summed E-state index contributed by atoms with van der Waals surface area (Å²) in [7, 11) is 0. The summed E-state index contributed by atoms with van der Waals surface area (Å²) in [6, 6.07) is 11.5. The number of pyridine rings is 1. The molecule has 0 unspecified atom stereocenters. The van der Waals surface area contributed by atoms with Crippen molar-refractivity contribution < 1.29 is 4.74 Å². The Labute approximate surface area is 88.5 Å². The number of para-hydroxylation sites is 1. The molecule has 76 valence electrons. The van der Waals surface area contributed by atoms with E-state index in [1.54, 1.807) is 12.4 Å². The Balaban J connectivity index is 2.17. The van der Waals surface area contributed by atoms with Crippen LogP contribution in [-0.2, 0) is 6.54 Å². The molecule has 2 aromatic rings. The monoisotopic (exact) mass is 200 g/mol. The topological polar surface area (TPSA) is 48.1 Å². The van der Waals surface area contributed by atoms with Gasteiger partial charge in [0.1, 0.15) is 11.5 Å². The van der Waals surface area contributed by atoms with E-state index in [4.69, 9.17) is 10.5 Å². The van der Waals surface area contributed by atoms with Crippen LogP contribution in [0.5, 0.6) is 11.5 Å². The van der Waals surface area contributed by atoms with E-state index in [1.165, 1.54) is 0 Å². The quantitative estimate of drug-likeness (QED) is 0.827. The molecule has 0 atom stereocenters. The summed E-state index contributed by atoms with van der Waals surface area (Å²) in [6.07, 6.45) is 3.41. The van der Waals surface area contributed by atoms with Crippen molar-refractivity contribution in [3.63, 3.8) is 0 Å². The third-order valence-corrected chi connectivity index (χ3v) is 1.98. The summed E-state index contributed by atoms with van der Waals surface area (Å²) < 4.78 is 5.60. The maximum absolute atomic E-state index is 5.60. The van der Waals surface area contributed by atoms with Crippen LogP contribution in [-0.4, -0.2) is 4.98 Å². The van der Waals surface area contributed by atoms with Gasteiger partial charge in [-0.2, -0.15) is 0 Å². The summed E-state index contributed by atoms with van der Waals surface area (Å²) in [5.41, 5.74) is 6.48. The molecule has 0 amide bonds. The number of benzene rings is 1. The molecular formula is C12H12N2O. The molecule has 1 aromatic carbocycles. The lowest BCUT2D eigenvalue weighted by atomic mass is 10.3. The zero-order valence-corrected chi connectivity index (χ0v) is 8.26. The van der Waals surface area contributed by atoms with Gasteiger partial charge < -0.3 is 10.5 Å². The van der Waals surface area contributed by atoms with Crippen molar-refractivity contribution in [3.8, 4) is 11.5 Å². The Morgan fingerprint density at radius 3 is 2.60 bits per heavy atom.